The smallest absolute Gasteiger partial charge is 0.371 e. The number of nitrogens with zero attached hydrogens (tertiary/aromatic N) is 3. The molecule has 0 spiro atoms. The van der Waals surface area contributed by atoms with Crippen LogP contribution in [-0.4, -0.2) is 20.1 Å². The number of hydrogen-bond acceptors (Lipinski definition) is 3. The summed E-state index contributed by atoms with van der Waals surface area (Å²) in [5.74, 6) is 0. The van der Waals surface area contributed by atoms with Gasteiger partial charge in [0, 0.05) is 25.3 Å². The van der Waals surface area contributed by atoms with Gasteiger partial charge in [-0.25, -0.2) is 4.68 Å². The third-order valence-corrected chi connectivity index (χ3v) is 6.53. The van der Waals surface area contributed by atoms with Gasteiger partial charge in [0.2, 0.25) is 0 Å². The fourth-order valence-electron chi connectivity index (χ4n) is 2.71. The van der Waals surface area contributed by atoms with Gasteiger partial charge in [-0.1, -0.05) is 55.1 Å². The quantitative estimate of drug-likeness (QED) is 0.469. The topological polar surface area (TPSA) is 50.8 Å². The molecular formula is C15H8Br2Cl2F3N3O. The van der Waals surface area contributed by atoms with Crippen molar-refractivity contribution in [3.63, 3.8) is 0 Å². The summed E-state index contributed by atoms with van der Waals surface area (Å²) in [4.78, 5) is 0. The highest BCUT2D eigenvalue weighted by atomic mass is 79.9. The molecule has 138 valence electrons. The molecule has 1 aromatic heterocycles. The number of methoxy groups -OCH3 is 1. The van der Waals surface area contributed by atoms with Crippen LogP contribution < -0.4 is 0 Å². The lowest BCUT2D eigenvalue weighted by atomic mass is 10.1. The number of aromatic nitrogens is 2. The highest BCUT2D eigenvalue weighted by Crippen LogP contribution is 2.68. The minimum atomic E-state index is -4.58. The van der Waals surface area contributed by atoms with Crippen molar-refractivity contribution in [1.29, 1.82) is 5.26 Å². The molecule has 0 aliphatic heterocycles. The molecule has 1 fully saturated rings. The van der Waals surface area contributed by atoms with Crippen molar-refractivity contribution in [2.75, 3.05) is 7.11 Å². The molecule has 0 N–H and O–H groups in total. The van der Waals surface area contributed by atoms with Crippen LogP contribution in [0.5, 0.6) is 0 Å². The van der Waals surface area contributed by atoms with Crippen molar-refractivity contribution in [2.24, 2.45) is 0 Å². The first-order chi connectivity index (χ1) is 12.0. The third kappa shape index (κ3) is 3.06. The minimum Gasteiger partial charge on any atom is -0.371 e. The predicted molar refractivity (Wildman–Crippen MR) is 97.2 cm³/mol. The van der Waals surface area contributed by atoms with E-state index in [9.17, 15) is 18.4 Å². The fourth-order valence-corrected chi connectivity index (χ4v) is 4.91. The number of nitriles is 1. The zero-order chi connectivity index (χ0) is 19.5. The van der Waals surface area contributed by atoms with Crippen LogP contribution in [0.4, 0.5) is 13.2 Å². The Labute approximate surface area is 173 Å². The van der Waals surface area contributed by atoms with Crippen molar-refractivity contribution in [3.05, 3.63) is 45.2 Å². The normalized spacial score (nSPS) is 21.5. The first-order valence-corrected chi connectivity index (χ1v) is 9.31. The van der Waals surface area contributed by atoms with Crippen LogP contribution >= 0.6 is 55.1 Å². The fraction of sp³-hybridized carbons (Fsp3) is 0.333. The Morgan fingerprint density at radius 3 is 2.23 bits per heavy atom. The summed E-state index contributed by atoms with van der Waals surface area (Å²) in [6, 6.07) is 3.48. The Bertz CT molecular complexity index is 916. The number of benzene rings is 1. The van der Waals surface area contributed by atoms with E-state index in [0.717, 1.165) is 12.1 Å². The van der Waals surface area contributed by atoms with E-state index in [4.69, 9.17) is 27.9 Å². The van der Waals surface area contributed by atoms with E-state index in [1.807, 2.05) is 6.07 Å². The number of hydrogen-bond donors (Lipinski definition) is 0. The van der Waals surface area contributed by atoms with Crippen molar-refractivity contribution in [2.45, 2.75) is 21.4 Å². The molecular weight excluding hydrogens is 526 g/mol. The molecule has 0 bridgehead atoms. The third-order valence-electron chi connectivity index (χ3n) is 4.11. The van der Waals surface area contributed by atoms with Crippen LogP contribution in [0.2, 0.25) is 10.0 Å². The van der Waals surface area contributed by atoms with Crippen LogP contribution in [0.3, 0.4) is 0 Å². The van der Waals surface area contributed by atoms with Crippen LogP contribution in [0.15, 0.2) is 18.3 Å². The number of halogens is 7. The monoisotopic (exact) mass is 531 g/mol. The van der Waals surface area contributed by atoms with Gasteiger partial charge in [-0.3, -0.25) is 0 Å². The van der Waals surface area contributed by atoms with Gasteiger partial charge in [0.25, 0.3) is 0 Å². The maximum Gasteiger partial charge on any atom is 0.416 e. The van der Waals surface area contributed by atoms with Gasteiger partial charge in [0.1, 0.15) is 20.6 Å². The van der Waals surface area contributed by atoms with E-state index < -0.39 is 20.6 Å². The van der Waals surface area contributed by atoms with Gasteiger partial charge in [0.05, 0.1) is 15.6 Å². The van der Waals surface area contributed by atoms with Crippen molar-refractivity contribution in [3.8, 4) is 11.8 Å². The molecule has 4 nitrogen and oxygen atoms in total. The summed E-state index contributed by atoms with van der Waals surface area (Å²) in [6.45, 7) is 0. The van der Waals surface area contributed by atoms with E-state index in [2.05, 4.69) is 37.0 Å². The highest BCUT2D eigenvalue weighted by molar-refractivity contribution is 9.25. The van der Waals surface area contributed by atoms with E-state index >= 15 is 0 Å². The average molecular weight is 534 g/mol. The average Bonchev–Trinajstić information content (AvgIpc) is 2.89. The van der Waals surface area contributed by atoms with E-state index in [0.29, 0.717) is 12.0 Å². The second-order valence-electron chi connectivity index (χ2n) is 5.65. The Morgan fingerprint density at radius 1 is 1.31 bits per heavy atom. The van der Waals surface area contributed by atoms with Gasteiger partial charge in [-0.15, -0.1) is 0 Å². The zero-order valence-electron chi connectivity index (χ0n) is 12.8. The molecule has 3 rings (SSSR count). The van der Waals surface area contributed by atoms with Crippen LogP contribution in [0.1, 0.15) is 23.2 Å². The maximum absolute atomic E-state index is 12.9. The van der Waals surface area contributed by atoms with Gasteiger partial charge < -0.3 is 4.74 Å². The van der Waals surface area contributed by atoms with Crippen molar-refractivity contribution < 1.29 is 17.9 Å². The summed E-state index contributed by atoms with van der Waals surface area (Å²) in [5.41, 5.74) is -1.26. The van der Waals surface area contributed by atoms with E-state index in [1.165, 1.54) is 18.0 Å². The Kier molecular flexibility index (Phi) is 4.90. The highest BCUT2D eigenvalue weighted by Gasteiger charge is 2.68. The van der Waals surface area contributed by atoms with Gasteiger partial charge in [0.15, 0.2) is 5.69 Å². The molecule has 26 heavy (non-hydrogen) atoms. The van der Waals surface area contributed by atoms with Gasteiger partial charge in [-0.05, 0) is 12.1 Å². The number of rotatable bonds is 3. The lowest BCUT2D eigenvalue weighted by Gasteiger charge is -2.15. The molecule has 1 heterocycles. The lowest BCUT2D eigenvalue weighted by molar-refractivity contribution is -0.137. The first kappa shape index (κ1) is 20.0. The molecule has 11 heteroatoms. The summed E-state index contributed by atoms with van der Waals surface area (Å²) < 4.78 is 44.8. The molecule has 0 saturated heterocycles. The van der Waals surface area contributed by atoms with E-state index in [-0.39, 0.29) is 21.4 Å². The van der Waals surface area contributed by atoms with Crippen LogP contribution in [-0.2, 0) is 16.5 Å². The SMILES string of the molecule is COC1(c2cn(-c3c(Cl)cc(C(F)(F)F)cc3Cl)nc2C#N)CC1(Br)Br. The molecule has 0 radical (unpaired) electrons. The number of alkyl halides is 5. The van der Waals surface area contributed by atoms with Crippen molar-refractivity contribution >= 4 is 55.1 Å². The van der Waals surface area contributed by atoms with Gasteiger partial charge >= 0.3 is 6.18 Å². The molecule has 1 unspecified atom stereocenters. The lowest BCUT2D eigenvalue weighted by Crippen LogP contribution is -2.17. The maximum atomic E-state index is 12.9. The summed E-state index contributed by atoms with van der Waals surface area (Å²) in [7, 11) is 1.49. The molecule has 1 aromatic carbocycles. The summed E-state index contributed by atoms with van der Waals surface area (Å²) >= 11 is 19.0. The number of ether oxygens (including phenoxy) is 1. The molecule has 1 atom stereocenters. The van der Waals surface area contributed by atoms with Crippen LogP contribution in [0.25, 0.3) is 5.69 Å². The molecule has 0 amide bonds. The largest absolute Gasteiger partial charge is 0.416 e. The first-order valence-electron chi connectivity index (χ1n) is 6.96. The summed E-state index contributed by atoms with van der Waals surface area (Å²) in [6.07, 6.45) is -2.59. The van der Waals surface area contributed by atoms with Crippen LogP contribution in [0, 0.1) is 11.3 Å². The van der Waals surface area contributed by atoms with E-state index in [1.54, 1.807) is 0 Å². The molecule has 2 aromatic rings. The van der Waals surface area contributed by atoms with Crippen molar-refractivity contribution in [1.82, 2.24) is 9.78 Å². The Balaban J connectivity index is 2.15. The molecule has 1 saturated carbocycles. The van der Waals surface area contributed by atoms with Gasteiger partial charge in [-0.2, -0.15) is 23.5 Å². The second kappa shape index (κ2) is 6.38. The summed E-state index contributed by atoms with van der Waals surface area (Å²) in [5, 5.41) is 13.0. The molecule has 1 aliphatic carbocycles. The molecule has 1 aliphatic rings. The standard InChI is InChI=1S/C15H8Br2Cl2F3N3O/c1-26-13(6-14(13,16)17)8-5-25(24-11(8)4-23)12-9(18)2-7(3-10(12)19)15(20,21)22/h2-3,5H,6H2,1H3. The second-order valence-corrected chi connectivity index (χ2v) is 10.2. The Morgan fingerprint density at radius 2 is 1.85 bits per heavy atom. The Hall–Kier alpha value is -0.790. The minimum absolute atomic E-state index is 0.0470. The predicted octanol–water partition coefficient (Wildman–Crippen LogP) is 5.80. The zero-order valence-corrected chi connectivity index (χ0v) is 17.5.